The number of halogens is 1. The van der Waals surface area contributed by atoms with Gasteiger partial charge in [-0.3, -0.25) is 0 Å². The molecule has 1 heterocycles. The van der Waals surface area contributed by atoms with Crippen LogP contribution in [-0.2, 0) is 6.61 Å². The van der Waals surface area contributed by atoms with Crippen LogP contribution >= 0.6 is 15.9 Å². The lowest BCUT2D eigenvalue weighted by Gasteiger charge is -2.13. The Kier molecular flexibility index (Phi) is 4.55. The molecule has 3 rings (SSSR count). The molecular formula is C17H16BrN3O3. The van der Waals surface area contributed by atoms with Crippen LogP contribution in [-0.4, -0.2) is 29.3 Å². The summed E-state index contributed by atoms with van der Waals surface area (Å²) < 4.78 is 11.6. The van der Waals surface area contributed by atoms with E-state index < -0.39 is 0 Å². The molecule has 0 aliphatic carbocycles. The average molecular weight is 390 g/mol. The Morgan fingerprint density at radius 3 is 2.46 bits per heavy atom. The number of nitrogen functional groups attached to an aromatic ring is 1. The minimum absolute atomic E-state index is 0.118. The molecule has 3 aromatic rings. The molecule has 2 aromatic carbocycles. The Bertz CT molecular complexity index is 915. The van der Waals surface area contributed by atoms with Crippen LogP contribution in [0, 0.1) is 0 Å². The molecule has 6 nitrogen and oxygen atoms in total. The van der Waals surface area contributed by atoms with E-state index in [0.29, 0.717) is 22.7 Å². The maximum absolute atomic E-state index is 9.69. The van der Waals surface area contributed by atoms with Crippen molar-refractivity contribution in [3.05, 3.63) is 40.4 Å². The van der Waals surface area contributed by atoms with Gasteiger partial charge < -0.3 is 20.3 Å². The van der Waals surface area contributed by atoms with Gasteiger partial charge in [0.15, 0.2) is 11.5 Å². The molecular weight excluding hydrogens is 374 g/mol. The fourth-order valence-corrected chi connectivity index (χ4v) is 3.01. The number of methoxy groups -OCH3 is 2. The minimum Gasteiger partial charge on any atom is -0.493 e. The zero-order valence-corrected chi connectivity index (χ0v) is 14.8. The number of rotatable bonds is 4. The van der Waals surface area contributed by atoms with E-state index in [1.165, 1.54) is 0 Å². The van der Waals surface area contributed by atoms with Gasteiger partial charge in [0.1, 0.15) is 0 Å². The molecule has 0 atom stereocenters. The molecule has 7 heteroatoms. The lowest BCUT2D eigenvalue weighted by molar-refractivity contribution is 0.282. The second kappa shape index (κ2) is 6.62. The van der Waals surface area contributed by atoms with Gasteiger partial charge in [-0.1, -0.05) is 22.0 Å². The molecule has 0 spiro atoms. The van der Waals surface area contributed by atoms with Crippen LogP contribution in [0.25, 0.3) is 22.2 Å². The number of ether oxygens (including phenoxy) is 2. The molecule has 0 aliphatic rings. The van der Waals surface area contributed by atoms with E-state index in [0.717, 1.165) is 21.0 Å². The van der Waals surface area contributed by atoms with Crippen molar-refractivity contribution in [2.75, 3.05) is 20.0 Å². The summed E-state index contributed by atoms with van der Waals surface area (Å²) in [6.45, 7) is -0.118. The lowest BCUT2D eigenvalue weighted by atomic mass is 10.0. The van der Waals surface area contributed by atoms with E-state index >= 15 is 0 Å². The van der Waals surface area contributed by atoms with Crippen LogP contribution in [0.2, 0.25) is 0 Å². The third-order valence-electron chi connectivity index (χ3n) is 3.71. The van der Waals surface area contributed by atoms with Gasteiger partial charge in [-0.2, -0.15) is 0 Å². The lowest BCUT2D eigenvalue weighted by Crippen LogP contribution is -2.01. The summed E-state index contributed by atoms with van der Waals surface area (Å²) in [4.78, 5) is 8.66. The number of nitrogens with two attached hydrogens (primary N) is 1. The van der Waals surface area contributed by atoms with Crippen molar-refractivity contribution < 1.29 is 14.6 Å². The number of fused-ring (bicyclic) bond motifs is 1. The number of anilines is 1. The minimum atomic E-state index is -0.118. The van der Waals surface area contributed by atoms with Crippen molar-refractivity contribution in [2.24, 2.45) is 0 Å². The monoisotopic (exact) mass is 389 g/mol. The number of hydrogen-bond acceptors (Lipinski definition) is 6. The standard InChI is InChI=1S/C17H16BrN3O3/c1-23-14-6-12-13(7-15(14)24-2)20-17(19)21-16(12)11-4-3-10(18)5-9(11)8-22/h3-7,22H,8H2,1-2H3,(H2,19,20,21). The van der Waals surface area contributed by atoms with E-state index in [1.54, 1.807) is 20.3 Å². The van der Waals surface area contributed by atoms with Crippen molar-refractivity contribution in [1.29, 1.82) is 0 Å². The number of aliphatic hydroxyl groups excluding tert-OH is 1. The molecule has 0 saturated carbocycles. The summed E-state index contributed by atoms with van der Waals surface area (Å²) in [5.74, 6) is 1.28. The highest BCUT2D eigenvalue weighted by Crippen LogP contribution is 2.37. The molecule has 24 heavy (non-hydrogen) atoms. The highest BCUT2D eigenvalue weighted by molar-refractivity contribution is 9.10. The zero-order chi connectivity index (χ0) is 17.3. The summed E-state index contributed by atoms with van der Waals surface area (Å²) in [7, 11) is 3.13. The molecule has 0 bridgehead atoms. The van der Waals surface area contributed by atoms with Crippen molar-refractivity contribution >= 4 is 32.8 Å². The SMILES string of the molecule is COc1cc2nc(N)nc(-c3ccc(Br)cc3CO)c2cc1OC. The summed E-state index contributed by atoms with van der Waals surface area (Å²) in [6.07, 6.45) is 0. The van der Waals surface area contributed by atoms with Gasteiger partial charge in [-0.15, -0.1) is 0 Å². The first-order valence-electron chi connectivity index (χ1n) is 7.16. The van der Waals surface area contributed by atoms with E-state index in [1.807, 2.05) is 24.3 Å². The first kappa shape index (κ1) is 16.5. The summed E-state index contributed by atoms with van der Waals surface area (Å²) >= 11 is 3.41. The van der Waals surface area contributed by atoms with Crippen LogP contribution in [0.3, 0.4) is 0 Å². The van der Waals surface area contributed by atoms with Crippen LogP contribution in [0.15, 0.2) is 34.8 Å². The van der Waals surface area contributed by atoms with Crippen LogP contribution < -0.4 is 15.2 Å². The van der Waals surface area contributed by atoms with Gasteiger partial charge in [0.2, 0.25) is 5.95 Å². The molecule has 0 aliphatic heterocycles. The maximum Gasteiger partial charge on any atom is 0.221 e. The highest BCUT2D eigenvalue weighted by Gasteiger charge is 2.16. The Labute approximate surface area is 147 Å². The van der Waals surface area contributed by atoms with Crippen molar-refractivity contribution in [3.8, 4) is 22.8 Å². The fourth-order valence-electron chi connectivity index (χ4n) is 2.60. The van der Waals surface area contributed by atoms with Gasteiger partial charge in [0.25, 0.3) is 0 Å². The molecule has 3 N–H and O–H groups in total. The quantitative estimate of drug-likeness (QED) is 0.711. The van der Waals surface area contributed by atoms with E-state index in [9.17, 15) is 5.11 Å². The van der Waals surface area contributed by atoms with Gasteiger partial charge in [0, 0.05) is 21.5 Å². The predicted molar refractivity (Wildman–Crippen MR) is 96.1 cm³/mol. The van der Waals surface area contributed by atoms with Crippen LogP contribution in [0.5, 0.6) is 11.5 Å². The Morgan fingerprint density at radius 2 is 1.79 bits per heavy atom. The molecule has 1 aromatic heterocycles. The van der Waals surface area contributed by atoms with Crippen molar-refractivity contribution in [3.63, 3.8) is 0 Å². The summed E-state index contributed by atoms with van der Waals surface area (Å²) in [5.41, 5.74) is 8.67. The highest BCUT2D eigenvalue weighted by atomic mass is 79.9. The normalized spacial score (nSPS) is 10.8. The fraction of sp³-hybridized carbons (Fsp3) is 0.176. The van der Waals surface area contributed by atoms with Gasteiger partial charge in [-0.25, -0.2) is 9.97 Å². The van der Waals surface area contributed by atoms with E-state index in [4.69, 9.17) is 15.2 Å². The van der Waals surface area contributed by atoms with E-state index in [-0.39, 0.29) is 12.6 Å². The maximum atomic E-state index is 9.69. The van der Waals surface area contributed by atoms with Crippen molar-refractivity contribution in [1.82, 2.24) is 9.97 Å². The first-order valence-corrected chi connectivity index (χ1v) is 7.95. The van der Waals surface area contributed by atoms with Crippen LogP contribution in [0.4, 0.5) is 5.95 Å². The average Bonchev–Trinajstić information content (AvgIpc) is 2.59. The number of aliphatic hydroxyl groups is 1. The molecule has 0 saturated heterocycles. The molecule has 0 fully saturated rings. The smallest absolute Gasteiger partial charge is 0.221 e. The zero-order valence-electron chi connectivity index (χ0n) is 13.2. The third kappa shape index (κ3) is 2.88. The van der Waals surface area contributed by atoms with Gasteiger partial charge in [0.05, 0.1) is 32.0 Å². The van der Waals surface area contributed by atoms with E-state index in [2.05, 4.69) is 25.9 Å². The molecule has 0 unspecified atom stereocenters. The Hall–Kier alpha value is -2.38. The van der Waals surface area contributed by atoms with Crippen LogP contribution in [0.1, 0.15) is 5.56 Å². The molecule has 124 valence electrons. The Balaban J connectivity index is 2.35. The first-order chi connectivity index (χ1) is 11.6. The summed E-state index contributed by atoms with van der Waals surface area (Å²) in [6, 6.07) is 9.19. The number of benzene rings is 2. The second-order valence-corrected chi connectivity index (χ2v) is 6.03. The van der Waals surface area contributed by atoms with Gasteiger partial charge in [-0.05, 0) is 23.8 Å². The third-order valence-corrected chi connectivity index (χ3v) is 4.20. The number of aromatic nitrogens is 2. The predicted octanol–water partition coefficient (Wildman–Crippen LogP) is 3.15. The van der Waals surface area contributed by atoms with Gasteiger partial charge >= 0.3 is 0 Å². The number of hydrogen-bond donors (Lipinski definition) is 2. The largest absolute Gasteiger partial charge is 0.493 e. The molecule has 0 amide bonds. The van der Waals surface area contributed by atoms with Crippen molar-refractivity contribution in [2.45, 2.75) is 6.61 Å². The summed E-state index contributed by atoms with van der Waals surface area (Å²) in [5, 5.41) is 10.5. The number of nitrogens with zero attached hydrogens (tertiary/aromatic N) is 2. The molecule has 0 radical (unpaired) electrons. The second-order valence-electron chi connectivity index (χ2n) is 5.11. The Morgan fingerprint density at radius 1 is 1.08 bits per heavy atom. The topological polar surface area (TPSA) is 90.5 Å².